The Labute approximate surface area is 160 Å². The molecule has 27 heavy (non-hydrogen) atoms. The lowest BCUT2D eigenvalue weighted by molar-refractivity contribution is -0.159. The summed E-state index contributed by atoms with van der Waals surface area (Å²) >= 11 is 0. The van der Waals surface area contributed by atoms with Crippen LogP contribution in [0.4, 0.5) is 0 Å². The Morgan fingerprint density at radius 3 is 2.48 bits per heavy atom. The highest BCUT2D eigenvalue weighted by atomic mass is 16.6. The van der Waals surface area contributed by atoms with Gasteiger partial charge in [0.2, 0.25) is 0 Å². The monoisotopic (exact) mass is 366 g/mol. The smallest absolute Gasteiger partial charge is 0.338 e. The fourth-order valence-corrected chi connectivity index (χ4v) is 4.04. The van der Waals surface area contributed by atoms with Gasteiger partial charge in [-0.25, -0.2) is 4.79 Å². The van der Waals surface area contributed by atoms with E-state index in [4.69, 9.17) is 9.47 Å². The number of rotatable bonds is 6. The number of carbonyl (C=O) groups is 2. The Balaban J connectivity index is 1.80. The van der Waals surface area contributed by atoms with E-state index in [0.29, 0.717) is 24.8 Å². The van der Waals surface area contributed by atoms with Gasteiger partial charge in [0.05, 0.1) is 12.7 Å². The molecule has 2 aromatic rings. The Kier molecular flexibility index (Phi) is 5.94. The van der Waals surface area contributed by atoms with Crippen molar-refractivity contribution in [2.24, 2.45) is 5.41 Å². The van der Waals surface area contributed by atoms with Gasteiger partial charge in [-0.1, -0.05) is 48.5 Å². The van der Waals surface area contributed by atoms with Crippen LogP contribution in [0.5, 0.6) is 0 Å². The summed E-state index contributed by atoms with van der Waals surface area (Å²) in [6.45, 7) is 1.88. The van der Waals surface area contributed by atoms with Crippen molar-refractivity contribution < 1.29 is 19.1 Å². The van der Waals surface area contributed by atoms with Gasteiger partial charge in [-0.05, 0) is 56.2 Å². The maximum atomic E-state index is 12.7. The molecule has 1 saturated carbocycles. The van der Waals surface area contributed by atoms with Crippen LogP contribution in [0.25, 0.3) is 0 Å². The summed E-state index contributed by atoms with van der Waals surface area (Å²) < 4.78 is 11.0. The molecule has 0 saturated heterocycles. The van der Waals surface area contributed by atoms with Crippen LogP contribution >= 0.6 is 0 Å². The van der Waals surface area contributed by atoms with Crippen LogP contribution in [-0.4, -0.2) is 25.2 Å². The third-order valence-electron chi connectivity index (χ3n) is 5.61. The Bertz CT molecular complexity index is 799. The quantitative estimate of drug-likeness (QED) is 0.707. The van der Waals surface area contributed by atoms with Gasteiger partial charge in [0, 0.05) is 0 Å². The Morgan fingerprint density at radius 1 is 1.07 bits per heavy atom. The van der Waals surface area contributed by atoms with Gasteiger partial charge in [0.15, 0.2) is 0 Å². The SMILES string of the molecule is COC(=O)C1(CCc2ccccc2)CCCC1OC(=O)c1ccccc1C. The molecule has 0 N–H and O–H groups in total. The van der Waals surface area contributed by atoms with Crippen LogP contribution in [0.3, 0.4) is 0 Å². The van der Waals surface area contributed by atoms with Crippen molar-refractivity contribution in [3.8, 4) is 0 Å². The zero-order chi connectivity index (χ0) is 19.3. The van der Waals surface area contributed by atoms with Gasteiger partial charge >= 0.3 is 11.9 Å². The van der Waals surface area contributed by atoms with E-state index in [2.05, 4.69) is 0 Å². The van der Waals surface area contributed by atoms with E-state index in [1.54, 1.807) is 6.07 Å². The molecule has 0 aromatic heterocycles. The second kappa shape index (κ2) is 8.38. The number of benzene rings is 2. The van der Waals surface area contributed by atoms with Gasteiger partial charge in [0.25, 0.3) is 0 Å². The number of carbonyl (C=O) groups excluding carboxylic acids is 2. The molecule has 0 aliphatic heterocycles. The first-order valence-electron chi connectivity index (χ1n) is 9.46. The predicted octanol–water partition coefficient (Wildman–Crippen LogP) is 4.50. The molecular weight excluding hydrogens is 340 g/mol. The summed E-state index contributed by atoms with van der Waals surface area (Å²) in [6, 6.07) is 17.4. The topological polar surface area (TPSA) is 52.6 Å². The summed E-state index contributed by atoms with van der Waals surface area (Å²) in [7, 11) is 1.41. The van der Waals surface area contributed by atoms with Crippen molar-refractivity contribution in [3.05, 3.63) is 71.3 Å². The average molecular weight is 366 g/mol. The molecule has 0 radical (unpaired) electrons. The molecule has 3 rings (SSSR count). The molecule has 0 amide bonds. The van der Waals surface area contributed by atoms with Gasteiger partial charge in [-0.15, -0.1) is 0 Å². The summed E-state index contributed by atoms with van der Waals surface area (Å²) in [4.78, 5) is 25.5. The molecule has 2 aromatic carbocycles. The van der Waals surface area contributed by atoms with Crippen LogP contribution in [0.2, 0.25) is 0 Å². The first-order chi connectivity index (χ1) is 13.1. The van der Waals surface area contributed by atoms with E-state index < -0.39 is 11.5 Å². The van der Waals surface area contributed by atoms with Crippen molar-refractivity contribution in [1.82, 2.24) is 0 Å². The molecule has 4 heteroatoms. The van der Waals surface area contributed by atoms with E-state index in [9.17, 15) is 9.59 Å². The summed E-state index contributed by atoms with van der Waals surface area (Å²) in [5, 5.41) is 0. The first kappa shape index (κ1) is 19.2. The number of methoxy groups -OCH3 is 1. The van der Waals surface area contributed by atoms with Crippen LogP contribution < -0.4 is 0 Å². The lowest BCUT2D eigenvalue weighted by Gasteiger charge is -2.32. The molecule has 0 bridgehead atoms. The van der Waals surface area contributed by atoms with Crippen LogP contribution in [0.1, 0.15) is 47.2 Å². The van der Waals surface area contributed by atoms with E-state index in [1.165, 1.54) is 7.11 Å². The third-order valence-corrected chi connectivity index (χ3v) is 5.61. The fourth-order valence-electron chi connectivity index (χ4n) is 4.04. The van der Waals surface area contributed by atoms with Crippen molar-refractivity contribution in [1.29, 1.82) is 0 Å². The number of aryl methyl sites for hydroxylation is 2. The minimum absolute atomic E-state index is 0.279. The van der Waals surface area contributed by atoms with Gasteiger partial charge in [-0.3, -0.25) is 4.79 Å². The van der Waals surface area contributed by atoms with E-state index in [-0.39, 0.29) is 11.9 Å². The minimum atomic E-state index is -0.775. The average Bonchev–Trinajstić information content (AvgIpc) is 3.10. The number of esters is 2. The van der Waals surface area contributed by atoms with Crippen molar-refractivity contribution >= 4 is 11.9 Å². The molecular formula is C23H26O4. The lowest BCUT2D eigenvalue weighted by Crippen LogP contribution is -2.42. The third kappa shape index (κ3) is 4.05. The van der Waals surface area contributed by atoms with Gasteiger partial charge in [-0.2, -0.15) is 0 Å². The molecule has 1 aliphatic rings. The standard InChI is InChI=1S/C23H26O4/c1-17-9-6-7-12-19(17)21(24)27-20-13-8-15-23(20,22(25)26-2)16-14-18-10-4-3-5-11-18/h3-7,9-12,20H,8,13-16H2,1-2H3. The highest BCUT2D eigenvalue weighted by molar-refractivity contribution is 5.91. The normalized spacial score (nSPS) is 21.6. The molecule has 1 fully saturated rings. The second-order valence-electron chi connectivity index (χ2n) is 7.23. The van der Waals surface area contributed by atoms with Gasteiger partial charge < -0.3 is 9.47 Å². The van der Waals surface area contributed by atoms with E-state index >= 15 is 0 Å². The molecule has 4 nitrogen and oxygen atoms in total. The predicted molar refractivity (Wildman–Crippen MR) is 103 cm³/mol. The molecule has 0 heterocycles. The van der Waals surface area contributed by atoms with Crippen LogP contribution in [0, 0.1) is 12.3 Å². The first-order valence-corrected chi connectivity index (χ1v) is 9.46. The Morgan fingerprint density at radius 2 is 1.78 bits per heavy atom. The summed E-state index contributed by atoms with van der Waals surface area (Å²) in [5.74, 6) is -0.647. The van der Waals surface area contributed by atoms with E-state index in [0.717, 1.165) is 24.0 Å². The summed E-state index contributed by atoms with van der Waals surface area (Å²) in [6.07, 6.45) is 3.10. The molecule has 2 unspecified atom stereocenters. The molecule has 1 aliphatic carbocycles. The zero-order valence-electron chi connectivity index (χ0n) is 15.9. The lowest BCUT2D eigenvalue weighted by atomic mass is 9.78. The van der Waals surface area contributed by atoms with E-state index in [1.807, 2.05) is 55.5 Å². The summed E-state index contributed by atoms with van der Waals surface area (Å²) in [5.41, 5.74) is 1.81. The van der Waals surface area contributed by atoms with Crippen molar-refractivity contribution in [2.45, 2.75) is 45.1 Å². The fraction of sp³-hybridized carbons (Fsp3) is 0.391. The van der Waals surface area contributed by atoms with Crippen LogP contribution in [0.15, 0.2) is 54.6 Å². The maximum Gasteiger partial charge on any atom is 0.338 e. The number of hydrogen-bond acceptors (Lipinski definition) is 4. The molecule has 0 spiro atoms. The zero-order valence-corrected chi connectivity index (χ0v) is 15.9. The minimum Gasteiger partial charge on any atom is -0.468 e. The number of hydrogen-bond donors (Lipinski definition) is 0. The van der Waals surface area contributed by atoms with Gasteiger partial charge in [0.1, 0.15) is 11.5 Å². The second-order valence-corrected chi connectivity index (χ2v) is 7.23. The Hall–Kier alpha value is -2.62. The molecule has 142 valence electrons. The molecule has 2 atom stereocenters. The highest BCUT2D eigenvalue weighted by Crippen LogP contribution is 2.45. The van der Waals surface area contributed by atoms with Crippen LogP contribution in [-0.2, 0) is 20.7 Å². The number of ether oxygens (including phenoxy) is 2. The largest absolute Gasteiger partial charge is 0.468 e. The van der Waals surface area contributed by atoms with Crippen molar-refractivity contribution in [2.75, 3.05) is 7.11 Å². The highest BCUT2D eigenvalue weighted by Gasteiger charge is 2.51. The maximum absolute atomic E-state index is 12.7. The van der Waals surface area contributed by atoms with Crippen molar-refractivity contribution in [3.63, 3.8) is 0 Å².